The van der Waals surface area contributed by atoms with Crippen LogP contribution >= 0.6 is 0 Å². The minimum Gasteiger partial charge on any atom is -0.397 e. The van der Waals surface area contributed by atoms with Gasteiger partial charge in [-0.15, -0.1) is 0 Å². The molecule has 1 aliphatic rings. The normalized spacial score (nSPS) is 25.0. The summed E-state index contributed by atoms with van der Waals surface area (Å²) < 4.78 is 5.23. The first kappa shape index (κ1) is 11.2. The number of methoxy groups -OCH3 is 1. The number of nitrogen functional groups attached to an aromatic ring is 1. The molecule has 2 unspecified atom stereocenters. The molecule has 0 aliphatic carbocycles. The first-order chi connectivity index (χ1) is 7.70. The summed E-state index contributed by atoms with van der Waals surface area (Å²) in [5.41, 5.74) is 6.34. The molecule has 2 N–H and O–H groups in total. The highest BCUT2D eigenvalue weighted by Crippen LogP contribution is 2.27. The van der Waals surface area contributed by atoms with E-state index in [2.05, 4.69) is 16.8 Å². The fraction of sp³-hybridized carbons (Fsp3) is 0.583. The fourth-order valence-corrected chi connectivity index (χ4v) is 2.24. The molecule has 2 rings (SSSR count). The van der Waals surface area contributed by atoms with E-state index in [1.54, 1.807) is 13.3 Å². The molecule has 16 heavy (non-hydrogen) atoms. The third-order valence-corrected chi connectivity index (χ3v) is 3.24. The highest BCUT2D eigenvalue weighted by Gasteiger charge is 2.29. The second kappa shape index (κ2) is 4.70. The van der Waals surface area contributed by atoms with Gasteiger partial charge in [-0.2, -0.15) is 0 Å². The first-order valence-electron chi connectivity index (χ1n) is 5.66. The van der Waals surface area contributed by atoms with Crippen molar-refractivity contribution in [3.8, 4) is 0 Å². The molecule has 0 spiro atoms. The smallest absolute Gasteiger partial charge is 0.128 e. The lowest BCUT2D eigenvalue weighted by molar-refractivity contribution is 0.144. The van der Waals surface area contributed by atoms with Crippen LogP contribution in [-0.4, -0.2) is 31.8 Å². The van der Waals surface area contributed by atoms with Gasteiger partial charge < -0.3 is 15.4 Å². The number of anilines is 2. The summed E-state index contributed by atoms with van der Waals surface area (Å²) in [6.45, 7) is 5.16. The van der Waals surface area contributed by atoms with E-state index in [4.69, 9.17) is 10.5 Å². The van der Waals surface area contributed by atoms with E-state index in [1.165, 1.54) is 0 Å². The zero-order valence-electron chi connectivity index (χ0n) is 9.89. The summed E-state index contributed by atoms with van der Waals surface area (Å²) in [5.74, 6) is 2.27. The van der Waals surface area contributed by atoms with E-state index in [9.17, 15) is 0 Å². The van der Waals surface area contributed by atoms with Crippen LogP contribution in [0.15, 0.2) is 18.3 Å². The minimum atomic E-state index is 0.601. The van der Waals surface area contributed by atoms with Crippen LogP contribution in [0.25, 0.3) is 0 Å². The standard InChI is InChI=1S/C12H19N3O/c1-9-6-15(7-10(9)8-16-2)12-4-3-11(13)5-14-12/h3-5,9-10H,6-8,13H2,1-2H3. The molecule has 0 amide bonds. The predicted molar refractivity (Wildman–Crippen MR) is 65.4 cm³/mol. The molecule has 2 heterocycles. The van der Waals surface area contributed by atoms with E-state index in [0.717, 1.165) is 25.5 Å². The number of ether oxygens (including phenoxy) is 1. The van der Waals surface area contributed by atoms with Gasteiger partial charge in [-0.05, 0) is 18.1 Å². The monoisotopic (exact) mass is 221 g/mol. The van der Waals surface area contributed by atoms with Gasteiger partial charge in [0.25, 0.3) is 0 Å². The Hall–Kier alpha value is -1.29. The molecule has 1 fully saturated rings. The van der Waals surface area contributed by atoms with Crippen molar-refractivity contribution in [2.45, 2.75) is 6.92 Å². The molecule has 1 saturated heterocycles. The molecule has 0 saturated carbocycles. The lowest BCUT2D eigenvalue weighted by atomic mass is 10.00. The van der Waals surface area contributed by atoms with Crippen molar-refractivity contribution in [2.75, 3.05) is 37.4 Å². The van der Waals surface area contributed by atoms with Crippen LogP contribution < -0.4 is 10.6 Å². The average molecular weight is 221 g/mol. The van der Waals surface area contributed by atoms with Crippen LogP contribution in [0.2, 0.25) is 0 Å². The van der Waals surface area contributed by atoms with Gasteiger partial charge in [0.15, 0.2) is 0 Å². The number of hydrogen-bond donors (Lipinski definition) is 1. The molecule has 0 radical (unpaired) electrons. The quantitative estimate of drug-likeness (QED) is 0.838. The predicted octanol–water partition coefficient (Wildman–Crippen LogP) is 1.38. The van der Waals surface area contributed by atoms with Gasteiger partial charge in [0.05, 0.1) is 18.5 Å². The van der Waals surface area contributed by atoms with Gasteiger partial charge >= 0.3 is 0 Å². The van der Waals surface area contributed by atoms with E-state index in [0.29, 0.717) is 17.5 Å². The Labute approximate surface area is 96.4 Å². The number of hydrogen-bond acceptors (Lipinski definition) is 4. The summed E-state index contributed by atoms with van der Waals surface area (Å²) in [6.07, 6.45) is 1.71. The van der Waals surface area contributed by atoms with Gasteiger partial charge in [-0.3, -0.25) is 0 Å². The van der Waals surface area contributed by atoms with Crippen LogP contribution in [0.1, 0.15) is 6.92 Å². The Morgan fingerprint density at radius 3 is 2.94 bits per heavy atom. The molecular formula is C12H19N3O. The molecule has 88 valence electrons. The molecule has 0 bridgehead atoms. The fourth-order valence-electron chi connectivity index (χ4n) is 2.24. The zero-order valence-corrected chi connectivity index (χ0v) is 9.89. The molecule has 4 nitrogen and oxygen atoms in total. The second-order valence-electron chi connectivity index (χ2n) is 4.55. The van der Waals surface area contributed by atoms with Crippen molar-refractivity contribution in [2.24, 2.45) is 11.8 Å². The Morgan fingerprint density at radius 2 is 2.31 bits per heavy atom. The highest BCUT2D eigenvalue weighted by atomic mass is 16.5. The van der Waals surface area contributed by atoms with E-state index >= 15 is 0 Å². The summed E-state index contributed by atoms with van der Waals surface area (Å²) in [6, 6.07) is 3.88. The largest absolute Gasteiger partial charge is 0.397 e. The third kappa shape index (κ3) is 2.27. The van der Waals surface area contributed by atoms with Gasteiger partial charge in [-0.25, -0.2) is 4.98 Å². The topological polar surface area (TPSA) is 51.4 Å². The number of pyridine rings is 1. The Kier molecular flexibility index (Phi) is 3.29. The van der Waals surface area contributed by atoms with Crippen molar-refractivity contribution in [3.05, 3.63) is 18.3 Å². The van der Waals surface area contributed by atoms with Crippen molar-refractivity contribution < 1.29 is 4.74 Å². The summed E-state index contributed by atoms with van der Waals surface area (Å²) in [5, 5.41) is 0. The number of aromatic nitrogens is 1. The molecule has 2 atom stereocenters. The number of nitrogens with two attached hydrogens (primary N) is 1. The second-order valence-corrected chi connectivity index (χ2v) is 4.55. The zero-order chi connectivity index (χ0) is 11.5. The molecule has 1 aromatic rings. The van der Waals surface area contributed by atoms with Crippen molar-refractivity contribution in [1.82, 2.24) is 4.98 Å². The number of nitrogens with zero attached hydrogens (tertiary/aromatic N) is 2. The van der Waals surface area contributed by atoms with Crippen molar-refractivity contribution in [1.29, 1.82) is 0 Å². The van der Waals surface area contributed by atoms with Crippen LogP contribution in [0, 0.1) is 11.8 Å². The van der Waals surface area contributed by atoms with E-state index in [1.807, 2.05) is 12.1 Å². The maximum Gasteiger partial charge on any atom is 0.128 e. The van der Waals surface area contributed by atoms with Gasteiger partial charge in [-0.1, -0.05) is 6.92 Å². The average Bonchev–Trinajstić information content (AvgIpc) is 2.62. The summed E-state index contributed by atoms with van der Waals surface area (Å²) in [7, 11) is 1.76. The minimum absolute atomic E-state index is 0.601. The Morgan fingerprint density at radius 1 is 1.50 bits per heavy atom. The summed E-state index contributed by atoms with van der Waals surface area (Å²) >= 11 is 0. The van der Waals surface area contributed by atoms with Crippen LogP contribution in [-0.2, 0) is 4.74 Å². The number of rotatable bonds is 3. The first-order valence-corrected chi connectivity index (χ1v) is 5.66. The Bertz CT molecular complexity index is 339. The van der Waals surface area contributed by atoms with Crippen LogP contribution in [0.3, 0.4) is 0 Å². The van der Waals surface area contributed by atoms with Gasteiger partial charge in [0.1, 0.15) is 5.82 Å². The van der Waals surface area contributed by atoms with Crippen LogP contribution in [0.5, 0.6) is 0 Å². The van der Waals surface area contributed by atoms with Crippen LogP contribution in [0.4, 0.5) is 11.5 Å². The maximum absolute atomic E-state index is 5.63. The van der Waals surface area contributed by atoms with Gasteiger partial charge in [0, 0.05) is 26.1 Å². The third-order valence-electron chi connectivity index (χ3n) is 3.24. The highest BCUT2D eigenvalue weighted by molar-refractivity contribution is 5.46. The SMILES string of the molecule is COCC1CN(c2ccc(N)cn2)CC1C. The molecule has 0 aromatic carbocycles. The van der Waals surface area contributed by atoms with Gasteiger partial charge in [0.2, 0.25) is 0 Å². The van der Waals surface area contributed by atoms with Crippen molar-refractivity contribution in [3.63, 3.8) is 0 Å². The van der Waals surface area contributed by atoms with E-state index in [-0.39, 0.29) is 0 Å². The Balaban J connectivity index is 2.04. The molecule has 1 aliphatic heterocycles. The maximum atomic E-state index is 5.63. The summed E-state index contributed by atoms with van der Waals surface area (Å²) in [4.78, 5) is 6.65. The van der Waals surface area contributed by atoms with Crippen molar-refractivity contribution >= 4 is 11.5 Å². The lowest BCUT2D eigenvalue weighted by Gasteiger charge is -2.17. The van der Waals surface area contributed by atoms with E-state index < -0.39 is 0 Å². The lowest BCUT2D eigenvalue weighted by Crippen LogP contribution is -2.21. The molecule has 1 aromatic heterocycles. The molecule has 4 heteroatoms. The molecular weight excluding hydrogens is 202 g/mol.